The molecule has 8 heteroatoms. The van der Waals surface area contributed by atoms with Crippen LogP contribution in [0.4, 0.5) is 15.2 Å². The summed E-state index contributed by atoms with van der Waals surface area (Å²) in [7, 11) is 0. The Labute approximate surface area is 146 Å². The Balaban J connectivity index is 1.73. The molecule has 0 saturated heterocycles. The van der Waals surface area contributed by atoms with Gasteiger partial charge in [0.1, 0.15) is 11.4 Å². The van der Waals surface area contributed by atoms with Crippen molar-refractivity contribution in [2.24, 2.45) is 0 Å². The number of hydrogen-bond donors (Lipinski definition) is 2. The number of halogens is 2. The van der Waals surface area contributed by atoms with Gasteiger partial charge in [0.05, 0.1) is 10.7 Å². The van der Waals surface area contributed by atoms with Gasteiger partial charge in [-0.2, -0.15) is 4.72 Å². The fourth-order valence-corrected chi connectivity index (χ4v) is 4.51. The highest BCUT2D eigenvalue weighted by Gasteiger charge is 2.22. The van der Waals surface area contributed by atoms with Crippen molar-refractivity contribution in [2.45, 2.75) is 43.0 Å². The monoisotopic (exact) mass is 373 g/mol. The van der Waals surface area contributed by atoms with Crippen molar-refractivity contribution in [3.05, 3.63) is 34.5 Å². The van der Waals surface area contributed by atoms with Crippen LogP contribution in [0.1, 0.15) is 32.1 Å². The number of aromatic nitrogens is 1. The summed E-state index contributed by atoms with van der Waals surface area (Å²) in [5, 5.41) is 5.90. The number of benzene rings is 1. The molecule has 1 heterocycles. The van der Waals surface area contributed by atoms with Crippen LogP contribution in [0.15, 0.2) is 28.6 Å². The normalized spacial score (nSPS) is 17.0. The average Bonchev–Trinajstić information content (AvgIpc) is 3.04. The molecule has 0 amide bonds. The summed E-state index contributed by atoms with van der Waals surface area (Å²) in [4.78, 5) is 4.00. The fourth-order valence-electron chi connectivity index (χ4n) is 2.66. The van der Waals surface area contributed by atoms with E-state index in [9.17, 15) is 8.94 Å². The summed E-state index contributed by atoms with van der Waals surface area (Å²) < 4.78 is 29.2. The van der Waals surface area contributed by atoms with E-state index in [0.717, 1.165) is 12.8 Å². The maximum Gasteiger partial charge on any atom is 0.226 e. The number of hydrogen-bond acceptors (Lipinski definition) is 5. The number of rotatable bonds is 5. The van der Waals surface area contributed by atoms with Crippen LogP contribution < -0.4 is 10.0 Å². The van der Waals surface area contributed by atoms with Gasteiger partial charge in [-0.1, -0.05) is 30.9 Å². The molecule has 1 unspecified atom stereocenters. The minimum Gasteiger partial charge on any atom is -0.588 e. The minimum absolute atomic E-state index is 0.0272. The molecule has 4 nitrogen and oxygen atoms in total. The van der Waals surface area contributed by atoms with E-state index < -0.39 is 17.2 Å². The molecule has 124 valence electrons. The van der Waals surface area contributed by atoms with Gasteiger partial charge in [0.2, 0.25) is 10.0 Å². The van der Waals surface area contributed by atoms with Crippen LogP contribution in [0.25, 0.3) is 0 Å². The Morgan fingerprint density at radius 3 is 2.78 bits per heavy atom. The largest absolute Gasteiger partial charge is 0.588 e. The summed E-state index contributed by atoms with van der Waals surface area (Å²) in [5.41, 5.74) is 0.561. The molecule has 2 aromatic rings. The molecule has 0 aliphatic heterocycles. The van der Waals surface area contributed by atoms with Crippen LogP contribution in [0.2, 0.25) is 5.02 Å². The van der Waals surface area contributed by atoms with Gasteiger partial charge in [-0.3, -0.25) is 0 Å². The third-order valence-corrected chi connectivity index (χ3v) is 6.02. The third kappa shape index (κ3) is 4.29. The Bertz CT molecular complexity index is 650. The minimum atomic E-state index is -1.74. The predicted octanol–water partition coefficient (Wildman–Crippen LogP) is 4.81. The van der Waals surface area contributed by atoms with Gasteiger partial charge < -0.3 is 9.87 Å². The van der Waals surface area contributed by atoms with Gasteiger partial charge >= 0.3 is 0 Å². The molecule has 0 bridgehead atoms. The maximum atomic E-state index is 14.3. The molecule has 1 aromatic heterocycles. The van der Waals surface area contributed by atoms with Crippen LogP contribution in [-0.2, 0) is 11.4 Å². The third-order valence-electron chi connectivity index (χ3n) is 3.80. The van der Waals surface area contributed by atoms with Gasteiger partial charge in [-0.05, 0) is 12.8 Å². The predicted molar refractivity (Wildman–Crippen MR) is 94.1 cm³/mol. The summed E-state index contributed by atoms with van der Waals surface area (Å²) in [6, 6.07) is 3.07. The summed E-state index contributed by atoms with van der Waals surface area (Å²) in [6.07, 6.45) is 7.33. The standard InChI is InChI=1S/C15H17ClFN3OS2/c16-11-8-14(23(21)20-15-18-6-7-22-15)12(17)9-13(11)19-10-4-2-1-3-5-10/h6-10,19H,1-5H2,(H,18,20). The molecule has 0 spiro atoms. The van der Waals surface area contributed by atoms with Crippen LogP contribution in [-0.4, -0.2) is 15.6 Å². The van der Waals surface area contributed by atoms with Crippen molar-refractivity contribution in [1.82, 2.24) is 4.98 Å². The van der Waals surface area contributed by atoms with E-state index in [1.54, 1.807) is 11.6 Å². The van der Waals surface area contributed by atoms with Crippen LogP contribution >= 0.6 is 22.9 Å². The van der Waals surface area contributed by atoms with Crippen LogP contribution in [0.3, 0.4) is 0 Å². The van der Waals surface area contributed by atoms with Crippen molar-refractivity contribution in [1.29, 1.82) is 0 Å². The molecule has 3 rings (SSSR count). The Kier molecular flexibility index (Phi) is 5.63. The maximum absolute atomic E-state index is 14.3. The lowest BCUT2D eigenvalue weighted by Crippen LogP contribution is -2.22. The molecule has 23 heavy (non-hydrogen) atoms. The Hall–Kier alpha value is -1.02. The Morgan fingerprint density at radius 1 is 1.30 bits per heavy atom. The van der Waals surface area contributed by atoms with Crippen molar-refractivity contribution < 1.29 is 8.94 Å². The Morgan fingerprint density at radius 2 is 2.09 bits per heavy atom. The van der Waals surface area contributed by atoms with Gasteiger partial charge in [-0.15, -0.1) is 11.3 Å². The average molecular weight is 374 g/mol. The van der Waals surface area contributed by atoms with E-state index in [1.807, 2.05) is 0 Å². The van der Waals surface area contributed by atoms with E-state index in [2.05, 4.69) is 15.0 Å². The second-order valence-electron chi connectivity index (χ2n) is 5.45. The molecule has 1 aromatic carbocycles. The summed E-state index contributed by atoms with van der Waals surface area (Å²) in [5.74, 6) is -0.546. The first-order valence-corrected chi connectivity index (χ1v) is 9.88. The molecule has 1 aliphatic rings. The van der Waals surface area contributed by atoms with E-state index in [0.29, 0.717) is 21.9 Å². The number of nitrogens with zero attached hydrogens (tertiary/aromatic N) is 1. The number of nitrogens with one attached hydrogen (secondary N) is 2. The van der Waals surface area contributed by atoms with Crippen molar-refractivity contribution >= 4 is 45.1 Å². The topological polar surface area (TPSA) is 60.0 Å². The lowest BCUT2D eigenvalue weighted by Gasteiger charge is -2.24. The molecular formula is C15H17ClFN3OS2. The smallest absolute Gasteiger partial charge is 0.226 e. The fraction of sp³-hybridized carbons (Fsp3) is 0.400. The van der Waals surface area contributed by atoms with Crippen molar-refractivity contribution in [3.8, 4) is 0 Å². The van der Waals surface area contributed by atoms with E-state index in [1.165, 1.54) is 42.7 Å². The van der Waals surface area contributed by atoms with Crippen molar-refractivity contribution in [3.63, 3.8) is 0 Å². The summed E-state index contributed by atoms with van der Waals surface area (Å²) >= 11 is 5.80. The van der Waals surface area contributed by atoms with E-state index >= 15 is 0 Å². The quantitative estimate of drug-likeness (QED) is 0.738. The lowest BCUT2D eigenvalue weighted by molar-refractivity contribution is 0.462. The number of anilines is 2. The second-order valence-corrected chi connectivity index (χ2v) is 7.93. The molecule has 1 fully saturated rings. The first-order chi connectivity index (χ1) is 11.1. The van der Waals surface area contributed by atoms with Gasteiger partial charge in [0.25, 0.3) is 0 Å². The van der Waals surface area contributed by atoms with E-state index in [-0.39, 0.29) is 4.90 Å². The first-order valence-electron chi connectivity index (χ1n) is 7.47. The SMILES string of the molecule is [O-][S+](Nc1nccs1)c1cc(Cl)c(NC2CCCCC2)cc1F. The molecule has 1 atom stereocenters. The van der Waals surface area contributed by atoms with E-state index in [4.69, 9.17) is 11.6 Å². The van der Waals surface area contributed by atoms with Crippen LogP contribution in [0, 0.1) is 5.82 Å². The highest BCUT2D eigenvalue weighted by molar-refractivity contribution is 7.93. The zero-order valence-electron chi connectivity index (χ0n) is 12.4. The zero-order chi connectivity index (χ0) is 16.2. The second kappa shape index (κ2) is 7.70. The molecular weight excluding hydrogens is 357 g/mol. The first kappa shape index (κ1) is 16.8. The van der Waals surface area contributed by atoms with Crippen molar-refractivity contribution in [2.75, 3.05) is 10.0 Å². The van der Waals surface area contributed by atoms with Gasteiger partial charge in [-0.25, -0.2) is 9.37 Å². The van der Waals surface area contributed by atoms with Gasteiger partial charge in [0.15, 0.2) is 5.82 Å². The highest BCUT2D eigenvalue weighted by Crippen LogP contribution is 2.31. The number of thiazole rings is 1. The highest BCUT2D eigenvalue weighted by atomic mass is 35.5. The lowest BCUT2D eigenvalue weighted by atomic mass is 9.95. The molecule has 1 saturated carbocycles. The summed E-state index contributed by atoms with van der Waals surface area (Å²) in [6.45, 7) is 0. The zero-order valence-corrected chi connectivity index (χ0v) is 14.7. The van der Waals surface area contributed by atoms with Gasteiger partial charge in [0, 0.05) is 29.8 Å². The molecule has 1 aliphatic carbocycles. The molecule has 2 N–H and O–H groups in total. The molecule has 0 radical (unpaired) electrons. The van der Waals surface area contributed by atoms with Crippen LogP contribution in [0.5, 0.6) is 0 Å².